The van der Waals surface area contributed by atoms with Gasteiger partial charge in [0.15, 0.2) is 0 Å². The molecule has 3 heteroatoms. The van der Waals surface area contributed by atoms with Crippen molar-refractivity contribution in [2.24, 2.45) is 5.92 Å². The number of aromatic nitrogens is 1. The second-order valence-corrected chi connectivity index (χ2v) is 6.70. The molecule has 1 saturated carbocycles. The van der Waals surface area contributed by atoms with E-state index in [1.165, 1.54) is 56.2 Å². The maximum atomic E-state index is 13.3. The van der Waals surface area contributed by atoms with Crippen LogP contribution in [0.2, 0.25) is 0 Å². The summed E-state index contributed by atoms with van der Waals surface area (Å²) >= 11 is 0. The van der Waals surface area contributed by atoms with Crippen LogP contribution in [0.5, 0.6) is 0 Å². The van der Waals surface area contributed by atoms with Gasteiger partial charge in [0.05, 0.1) is 0 Å². The molecule has 0 N–H and O–H groups in total. The fourth-order valence-electron chi connectivity index (χ4n) is 3.57. The number of aryl methyl sites for hydroxylation is 1. The lowest BCUT2D eigenvalue weighted by Crippen LogP contribution is -2.07. The number of pyridine rings is 1. The molecule has 1 nitrogen and oxygen atoms in total. The summed E-state index contributed by atoms with van der Waals surface area (Å²) in [4.78, 5) is 4.30. The number of halogens is 2. The van der Waals surface area contributed by atoms with Gasteiger partial charge in [-0.2, -0.15) is 0 Å². The number of hydrogen-bond acceptors (Lipinski definition) is 1. The van der Waals surface area contributed by atoms with E-state index >= 15 is 0 Å². The normalized spacial score (nSPS) is 15.7. The fraction of sp³-hybridized carbons (Fsp3) is 0.450. The van der Waals surface area contributed by atoms with Crippen molar-refractivity contribution in [3.63, 3.8) is 0 Å². The largest absolute Gasteiger partial charge is 0.264 e. The van der Waals surface area contributed by atoms with Gasteiger partial charge in [-0.05, 0) is 54.0 Å². The molecule has 0 atom stereocenters. The molecule has 122 valence electrons. The van der Waals surface area contributed by atoms with E-state index in [1.54, 1.807) is 6.20 Å². The van der Waals surface area contributed by atoms with Crippen LogP contribution in [0, 0.1) is 17.6 Å². The minimum absolute atomic E-state index is 0.513. The molecule has 1 aromatic heterocycles. The first-order valence-corrected chi connectivity index (χ1v) is 8.57. The molecule has 1 aliphatic rings. The lowest BCUT2D eigenvalue weighted by molar-refractivity contribution is 0.339. The quantitative estimate of drug-likeness (QED) is 0.713. The molecule has 0 aliphatic heterocycles. The first kappa shape index (κ1) is 16.1. The van der Waals surface area contributed by atoms with E-state index in [2.05, 4.69) is 11.1 Å². The maximum absolute atomic E-state index is 13.3. The molecule has 23 heavy (non-hydrogen) atoms. The monoisotopic (exact) mass is 315 g/mol. The summed E-state index contributed by atoms with van der Waals surface area (Å²) in [6.07, 6.45) is 13.3. The molecule has 0 spiro atoms. The lowest BCUT2D eigenvalue weighted by atomic mass is 9.85. The van der Waals surface area contributed by atoms with Crippen LogP contribution < -0.4 is 0 Å². The van der Waals surface area contributed by atoms with E-state index in [1.807, 2.05) is 6.20 Å². The molecule has 0 unspecified atom stereocenters. The summed E-state index contributed by atoms with van der Waals surface area (Å²) in [6.45, 7) is 0. The number of rotatable bonds is 5. The summed E-state index contributed by atoms with van der Waals surface area (Å²) in [6, 6.07) is 5.80. The van der Waals surface area contributed by atoms with Crippen LogP contribution in [0.25, 0.3) is 0 Å². The van der Waals surface area contributed by atoms with Gasteiger partial charge in [-0.25, -0.2) is 8.78 Å². The van der Waals surface area contributed by atoms with Crippen molar-refractivity contribution in [1.82, 2.24) is 4.98 Å². The highest BCUT2D eigenvalue weighted by molar-refractivity contribution is 5.27. The highest BCUT2D eigenvalue weighted by atomic mass is 19.1. The molecule has 0 saturated heterocycles. The molecule has 1 fully saturated rings. The number of benzene rings is 1. The Morgan fingerprint density at radius 3 is 2.26 bits per heavy atom. The molecule has 0 amide bonds. The summed E-state index contributed by atoms with van der Waals surface area (Å²) in [5.41, 5.74) is 2.88. The Morgan fingerprint density at radius 1 is 0.826 bits per heavy atom. The predicted molar refractivity (Wildman–Crippen MR) is 88.3 cm³/mol. The Balaban J connectivity index is 1.62. The van der Waals surface area contributed by atoms with Gasteiger partial charge in [-0.1, -0.05) is 38.2 Å². The molecular formula is C20H23F2N. The Bertz CT molecular complexity index is 628. The highest BCUT2D eigenvalue weighted by Crippen LogP contribution is 2.27. The van der Waals surface area contributed by atoms with E-state index in [0.717, 1.165) is 24.0 Å². The molecule has 2 aromatic rings. The third-order valence-electron chi connectivity index (χ3n) is 4.75. The van der Waals surface area contributed by atoms with Crippen LogP contribution in [0.15, 0.2) is 36.7 Å². The van der Waals surface area contributed by atoms with Gasteiger partial charge in [-0.3, -0.25) is 4.98 Å². The highest BCUT2D eigenvalue weighted by Gasteiger charge is 2.13. The third kappa shape index (κ3) is 4.85. The second-order valence-electron chi connectivity index (χ2n) is 6.70. The topological polar surface area (TPSA) is 12.9 Å². The second kappa shape index (κ2) is 7.67. The first-order valence-electron chi connectivity index (χ1n) is 8.57. The van der Waals surface area contributed by atoms with Crippen LogP contribution in [0.1, 0.15) is 55.2 Å². The SMILES string of the molecule is Fc1cc(F)cc(Cc2cncc(CCC3CCCCC3)c2)c1. The molecule has 0 bridgehead atoms. The Hall–Kier alpha value is -1.77. The van der Waals surface area contributed by atoms with Crippen LogP contribution in [0.4, 0.5) is 8.78 Å². The molecular weight excluding hydrogens is 292 g/mol. The van der Waals surface area contributed by atoms with Crippen LogP contribution in [-0.4, -0.2) is 4.98 Å². The van der Waals surface area contributed by atoms with Crippen LogP contribution in [0.3, 0.4) is 0 Å². The van der Waals surface area contributed by atoms with Crippen LogP contribution >= 0.6 is 0 Å². The van der Waals surface area contributed by atoms with Crippen molar-refractivity contribution in [1.29, 1.82) is 0 Å². The van der Waals surface area contributed by atoms with Crippen molar-refractivity contribution in [2.75, 3.05) is 0 Å². The zero-order chi connectivity index (χ0) is 16.1. The van der Waals surface area contributed by atoms with Crippen molar-refractivity contribution in [3.8, 4) is 0 Å². The van der Waals surface area contributed by atoms with Crippen molar-refractivity contribution in [3.05, 3.63) is 65.0 Å². The number of nitrogens with zero attached hydrogens (tertiary/aromatic N) is 1. The zero-order valence-electron chi connectivity index (χ0n) is 13.4. The first-order chi connectivity index (χ1) is 11.2. The average molecular weight is 315 g/mol. The molecule has 1 aromatic carbocycles. The lowest BCUT2D eigenvalue weighted by Gasteiger charge is -2.21. The average Bonchev–Trinajstić information content (AvgIpc) is 2.53. The summed E-state index contributed by atoms with van der Waals surface area (Å²) < 4.78 is 26.6. The van der Waals surface area contributed by atoms with Gasteiger partial charge < -0.3 is 0 Å². The maximum Gasteiger partial charge on any atom is 0.126 e. The number of hydrogen-bond donors (Lipinski definition) is 0. The Labute approximate surface area is 136 Å². The third-order valence-corrected chi connectivity index (χ3v) is 4.75. The summed E-state index contributed by atoms with van der Waals surface area (Å²) in [7, 11) is 0. The molecule has 0 radical (unpaired) electrons. The van der Waals surface area contributed by atoms with E-state index < -0.39 is 11.6 Å². The van der Waals surface area contributed by atoms with Gasteiger partial charge in [0, 0.05) is 18.5 Å². The molecule has 1 aliphatic carbocycles. The van der Waals surface area contributed by atoms with Crippen molar-refractivity contribution in [2.45, 2.75) is 51.4 Å². The van der Waals surface area contributed by atoms with Gasteiger partial charge in [-0.15, -0.1) is 0 Å². The summed E-state index contributed by atoms with van der Waals surface area (Å²) in [5, 5.41) is 0. The van der Waals surface area contributed by atoms with Gasteiger partial charge in [0.25, 0.3) is 0 Å². The minimum Gasteiger partial charge on any atom is -0.264 e. The zero-order valence-corrected chi connectivity index (χ0v) is 13.4. The fourth-order valence-corrected chi connectivity index (χ4v) is 3.57. The predicted octanol–water partition coefficient (Wildman–Crippen LogP) is 5.46. The minimum atomic E-state index is -0.526. The molecule has 1 heterocycles. The van der Waals surface area contributed by atoms with E-state index in [-0.39, 0.29) is 0 Å². The Morgan fingerprint density at radius 2 is 1.52 bits per heavy atom. The van der Waals surface area contributed by atoms with Gasteiger partial charge >= 0.3 is 0 Å². The van der Waals surface area contributed by atoms with Gasteiger partial charge in [0.1, 0.15) is 11.6 Å². The van der Waals surface area contributed by atoms with E-state index in [9.17, 15) is 8.78 Å². The van der Waals surface area contributed by atoms with Crippen molar-refractivity contribution >= 4 is 0 Å². The Kier molecular flexibility index (Phi) is 5.37. The van der Waals surface area contributed by atoms with E-state index in [4.69, 9.17) is 0 Å². The van der Waals surface area contributed by atoms with E-state index in [0.29, 0.717) is 12.0 Å². The van der Waals surface area contributed by atoms with Crippen molar-refractivity contribution < 1.29 is 8.78 Å². The standard InChI is InChI=1S/C20H23F2N/c21-19-10-17(11-20(22)12-19)9-18-8-16(13-23-14-18)7-6-15-4-2-1-3-5-15/h8,10-15H,1-7,9H2. The molecule has 3 rings (SSSR count). The smallest absolute Gasteiger partial charge is 0.126 e. The van der Waals surface area contributed by atoms with Crippen LogP contribution in [-0.2, 0) is 12.8 Å². The summed E-state index contributed by atoms with van der Waals surface area (Å²) in [5.74, 6) is -0.201. The van der Waals surface area contributed by atoms with Gasteiger partial charge in [0.2, 0.25) is 0 Å².